The second kappa shape index (κ2) is 8.54. The number of nitrogens with zero attached hydrogens (tertiary/aromatic N) is 3. The molecule has 2 heterocycles. The fourth-order valence-corrected chi connectivity index (χ4v) is 3.25. The Kier molecular flexibility index (Phi) is 5.67. The number of hydrogen-bond donors (Lipinski definition) is 0. The van der Waals surface area contributed by atoms with Crippen LogP contribution in [0.5, 0.6) is 11.8 Å². The first-order valence-corrected chi connectivity index (χ1v) is 9.75. The summed E-state index contributed by atoms with van der Waals surface area (Å²) in [7, 11) is 0. The molecule has 0 bridgehead atoms. The molecule has 4 rings (SSSR count). The molecule has 2 aromatic carbocycles. The maximum atomic E-state index is 10.9. The van der Waals surface area contributed by atoms with Crippen LogP contribution in [-0.2, 0) is 24.5 Å². The molecule has 0 saturated carbocycles. The first-order valence-electron chi connectivity index (χ1n) is 9.75. The third-order valence-corrected chi connectivity index (χ3v) is 4.98. The van der Waals surface area contributed by atoms with Gasteiger partial charge in [0.25, 0.3) is 0 Å². The standard InChI is InChI=1S/C22H23N3O5/c1-22(11-12-24-13-20(25(26)27)23-21(24)30-22)16-28-14-18-7-9-19(10-8-18)29-15-17-5-3-2-4-6-17/h2-10,13H,11-12,14-16H2,1H3. The van der Waals surface area contributed by atoms with Gasteiger partial charge in [0.1, 0.15) is 24.2 Å². The van der Waals surface area contributed by atoms with E-state index in [2.05, 4.69) is 4.98 Å². The Balaban J connectivity index is 1.26. The summed E-state index contributed by atoms with van der Waals surface area (Å²) >= 11 is 0. The van der Waals surface area contributed by atoms with E-state index >= 15 is 0 Å². The number of hydrogen-bond acceptors (Lipinski definition) is 6. The van der Waals surface area contributed by atoms with E-state index in [1.165, 1.54) is 6.20 Å². The number of aryl methyl sites for hydroxylation is 1. The zero-order valence-corrected chi connectivity index (χ0v) is 16.7. The maximum absolute atomic E-state index is 10.9. The van der Waals surface area contributed by atoms with Gasteiger partial charge in [-0.2, -0.15) is 0 Å². The molecule has 1 aliphatic heterocycles. The number of fused-ring (bicyclic) bond motifs is 1. The van der Waals surface area contributed by atoms with Crippen LogP contribution in [0.15, 0.2) is 60.8 Å². The van der Waals surface area contributed by atoms with E-state index in [0.717, 1.165) is 16.9 Å². The second-order valence-electron chi connectivity index (χ2n) is 7.55. The average molecular weight is 409 g/mol. The van der Waals surface area contributed by atoms with Crippen molar-refractivity contribution >= 4 is 5.82 Å². The third kappa shape index (κ3) is 4.77. The zero-order valence-electron chi connectivity index (χ0n) is 16.7. The lowest BCUT2D eigenvalue weighted by Crippen LogP contribution is -2.42. The molecule has 0 N–H and O–H groups in total. The van der Waals surface area contributed by atoms with Crippen LogP contribution >= 0.6 is 0 Å². The monoisotopic (exact) mass is 409 g/mol. The molecule has 1 unspecified atom stereocenters. The summed E-state index contributed by atoms with van der Waals surface area (Å²) in [5, 5.41) is 10.9. The lowest BCUT2D eigenvalue weighted by Gasteiger charge is -2.32. The summed E-state index contributed by atoms with van der Waals surface area (Å²) in [6, 6.07) is 18.1. The van der Waals surface area contributed by atoms with Crippen LogP contribution in [0.3, 0.4) is 0 Å². The van der Waals surface area contributed by atoms with Crippen molar-refractivity contribution in [2.24, 2.45) is 0 Å². The van der Waals surface area contributed by atoms with E-state index in [9.17, 15) is 10.1 Å². The summed E-state index contributed by atoms with van der Waals surface area (Å²) in [5.74, 6) is 0.600. The van der Waals surface area contributed by atoms with Crippen molar-refractivity contribution in [1.29, 1.82) is 0 Å². The molecule has 1 aromatic heterocycles. The fourth-order valence-electron chi connectivity index (χ4n) is 3.25. The van der Waals surface area contributed by atoms with E-state index in [0.29, 0.717) is 32.8 Å². The molecule has 0 amide bonds. The third-order valence-electron chi connectivity index (χ3n) is 4.98. The Morgan fingerprint density at radius 1 is 1.13 bits per heavy atom. The Morgan fingerprint density at radius 3 is 2.60 bits per heavy atom. The second-order valence-corrected chi connectivity index (χ2v) is 7.55. The van der Waals surface area contributed by atoms with E-state index in [1.807, 2.05) is 61.5 Å². The lowest BCUT2D eigenvalue weighted by molar-refractivity contribution is -0.389. The van der Waals surface area contributed by atoms with Crippen molar-refractivity contribution in [3.05, 3.63) is 82.0 Å². The highest BCUT2D eigenvalue weighted by molar-refractivity contribution is 5.27. The molecule has 0 radical (unpaired) electrons. The molecule has 0 saturated heterocycles. The van der Waals surface area contributed by atoms with Gasteiger partial charge in [0.2, 0.25) is 0 Å². The summed E-state index contributed by atoms with van der Waals surface area (Å²) < 4.78 is 19.2. The Morgan fingerprint density at radius 2 is 1.87 bits per heavy atom. The highest BCUT2D eigenvalue weighted by Gasteiger charge is 2.36. The highest BCUT2D eigenvalue weighted by Crippen LogP contribution is 2.30. The summed E-state index contributed by atoms with van der Waals surface area (Å²) in [5.41, 5.74) is 1.57. The number of rotatable bonds is 8. The van der Waals surface area contributed by atoms with Gasteiger partial charge in [-0.25, -0.2) is 0 Å². The number of benzene rings is 2. The maximum Gasteiger partial charge on any atom is 0.414 e. The van der Waals surface area contributed by atoms with Gasteiger partial charge < -0.3 is 24.3 Å². The lowest BCUT2D eigenvalue weighted by atomic mass is 10.0. The van der Waals surface area contributed by atoms with Crippen LogP contribution in [-0.4, -0.2) is 26.7 Å². The van der Waals surface area contributed by atoms with Crippen LogP contribution < -0.4 is 9.47 Å². The van der Waals surface area contributed by atoms with Crippen molar-refractivity contribution in [2.75, 3.05) is 6.61 Å². The van der Waals surface area contributed by atoms with Crippen molar-refractivity contribution in [3.63, 3.8) is 0 Å². The molecule has 8 nitrogen and oxygen atoms in total. The summed E-state index contributed by atoms with van der Waals surface area (Å²) in [6.45, 7) is 3.85. The predicted octanol–water partition coefficient (Wildman–Crippen LogP) is 4.13. The van der Waals surface area contributed by atoms with Gasteiger partial charge in [0.05, 0.1) is 13.2 Å². The van der Waals surface area contributed by atoms with Crippen LogP contribution in [0.25, 0.3) is 0 Å². The SMILES string of the molecule is CC1(COCc2ccc(OCc3ccccc3)cc2)CCn2cc([N+](=O)[O-])nc2O1. The van der Waals surface area contributed by atoms with Crippen LogP contribution in [0.1, 0.15) is 24.5 Å². The zero-order chi connectivity index (χ0) is 21.0. The average Bonchev–Trinajstić information content (AvgIpc) is 3.17. The van der Waals surface area contributed by atoms with Gasteiger partial charge in [-0.1, -0.05) is 42.5 Å². The summed E-state index contributed by atoms with van der Waals surface area (Å²) in [4.78, 5) is 14.3. The van der Waals surface area contributed by atoms with Gasteiger partial charge in [0, 0.05) is 17.9 Å². The molecule has 1 aliphatic rings. The van der Waals surface area contributed by atoms with Crippen molar-refractivity contribution < 1.29 is 19.1 Å². The van der Waals surface area contributed by atoms with Gasteiger partial charge in [0.15, 0.2) is 0 Å². The van der Waals surface area contributed by atoms with Crippen LogP contribution in [0, 0.1) is 10.1 Å². The van der Waals surface area contributed by atoms with Gasteiger partial charge >= 0.3 is 11.8 Å². The molecule has 1 atom stereocenters. The van der Waals surface area contributed by atoms with Crippen LogP contribution in [0.4, 0.5) is 5.82 Å². The first kappa shape index (κ1) is 19.9. The van der Waals surface area contributed by atoms with Crippen LogP contribution in [0.2, 0.25) is 0 Å². The first-order chi connectivity index (χ1) is 14.5. The van der Waals surface area contributed by atoms with E-state index in [4.69, 9.17) is 14.2 Å². The van der Waals surface area contributed by atoms with Gasteiger partial charge in [-0.3, -0.25) is 4.57 Å². The van der Waals surface area contributed by atoms with Crippen molar-refractivity contribution in [2.45, 2.75) is 38.7 Å². The van der Waals surface area contributed by atoms with E-state index in [-0.39, 0.29) is 11.8 Å². The molecular formula is C22H23N3O5. The predicted molar refractivity (Wildman–Crippen MR) is 109 cm³/mol. The number of nitro groups is 1. The fraction of sp³-hybridized carbons (Fsp3) is 0.318. The molecular weight excluding hydrogens is 386 g/mol. The molecule has 3 aromatic rings. The minimum absolute atomic E-state index is 0.204. The molecule has 30 heavy (non-hydrogen) atoms. The quantitative estimate of drug-likeness (QED) is 0.411. The van der Waals surface area contributed by atoms with E-state index < -0.39 is 10.5 Å². The Hall–Kier alpha value is -3.39. The molecule has 8 heteroatoms. The van der Waals surface area contributed by atoms with Crippen molar-refractivity contribution in [1.82, 2.24) is 9.55 Å². The highest BCUT2D eigenvalue weighted by atomic mass is 16.6. The smallest absolute Gasteiger partial charge is 0.414 e. The van der Waals surface area contributed by atoms with Gasteiger partial charge in [-0.05, 0) is 35.1 Å². The largest absolute Gasteiger partial charge is 0.489 e. The number of ether oxygens (including phenoxy) is 3. The number of aromatic nitrogens is 2. The molecule has 0 aliphatic carbocycles. The summed E-state index contributed by atoms with van der Waals surface area (Å²) in [6.07, 6.45) is 2.08. The topological polar surface area (TPSA) is 88.7 Å². The molecule has 0 spiro atoms. The number of imidazole rings is 1. The minimum atomic E-state index is -0.575. The normalized spacial score (nSPS) is 17.8. The Bertz CT molecular complexity index is 1000. The Labute approximate surface area is 174 Å². The minimum Gasteiger partial charge on any atom is -0.489 e. The molecule has 156 valence electrons. The molecule has 0 fully saturated rings. The van der Waals surface area contributed by atoms with Gasteiger partial charge in [-0.15, -0.1) is 0 Å². The van der Waals surface area contributed by atoms with Crippen molar-refractivity contribution in [3.8, 4) is 11.8 Å². The van der Waals surface area contributed by atoms with E-state index in [1.54, 1.807) is 4.57 Å².